The lowest BCUT2D eigenvalue weighted by atomic mass is 10.1. The summed E-state index contributed by atoms with van der Waals surface area (Å²) in [7, 11) is 0. The van der Waals surface area contributed by atoms with Gasteiger partial charge in [-0.3, -0.25) is 9.59 Å². The van der Waals surface area contributed by atoms with Gasteiger partial charge in [0.1, 0.15) is 0 Å². The molecule has 1 rings (SSSR count). The topological polar surface area (TPSA) is 57.6 Å². The third kappa shape index (κ3) is 3.39. The van der Waals surface area contributed by atoms with Crippen LogP contribution in [0.3, 0.4) is 0 Å². The largest absolute Gasteiger partial charge is 0.481 e. The highest BCUT2D eigenvalue weighted by Crippen LogP contribution is 2.33. The second-order valence-electron chi connectivity index (χ2n) is 3.76. The van der Waals surface area contributed by atoms with Crippen molar-refractivity contribution in [2.75, 3.05) is 13.1 Å². The Hall–Kier alpha value is -1.27. The molecule has 92 valence electrons. The van der Waals surface area contributed by atoms with Crippen LogP contribution in [-0.2, 0) is 9.59 Å². The summed E-state index contributed by atoms with van der Waals surface area (Å²) in [6.07, 6.45) is -4.95. The molecule has 1 amide bonds. The van der Waals surface area contributed by atoms with Crippen LogP contribution in [0.4, 0.5) is 13.2 Å². The number of carboxylic acid groups (broad SMARTS) is 1. The normalized spacial score (nSPS) is 21.2. The van der Waals surface area contributed by atoms with Gasteiger partial charge in [0.2, 0.25) is 5.91 Å². The molecule has 0 saturated carbocycles. The number of hydrogen-bond donors (Lipinski definition) is 1. The summed E-state index contributed by atoms with van der Waals surface area (Å²) in [6.45, 7) is -0.287. The Balaban J connectivity index is 2.41. The number of carboxylic acids is 1. The van der Waals surface area contributed by atoms with Crippen molar-refractivity contribution in [3.63, 3.8) is 0 Å². The van der Waals surface area contributed by atoms with E-state index in [0.29, 0.717) is 0 Å². The number of rotatable bonds is 3. The minimum absolute atomic E-state index is 0.0582. The zero-order valence-corrected chi connectivity index (χ0v) is 8.46. The van der Waals surface area contributed by atoms with Gasteiger partial charge in [-0.15, -0.1) is 0 Å². The average Bonchev–Trinajstić information content (AvgIpc) is 2.61. The molecule has 0 aromatic rings. The lowest BCUT2D eigenvalue weighted by Gasteiger charge is -2.17. The Bertz CT molecular complexity index is 290. The fourth-order valence-electron chi connectivity index (χ4n) is 1.63. The van der Waals surface area contributed by atoms with Gasteiger partial charge < -0.3 is 10.0 Å². The van der Waals surface area contributed by atoms with E-state index in [1.54, 1.807) is 0 Å². The maximum Gasteiger partial charge on any atom is 0.393 e. The molecule has 1 fully saturated rings. The third-order valence-electron chi connectivity index (χ3n) is 2.56. The second-order valence-corrected chi connectivity index (χ2v) is 3.76. The highest BCUT2D eigenvalue weighted by atomic mass is 19.4. The molecule has 1 N–H and O–H groups in total. The van der Waals surface area contributed by atoms with Gasteiger partial charge >= 0.3 is 12.1 Å². The van der Waals surface area contributed by atoms with Gasteiger partial charge in [-0.25, -0.2) is 0 Å². The number of likely N-dealkylation sites (tertiary alicyclic amines) is 1. The minimum Gasteiger partial charge on any atom is -0.481 e. The zero-order valence-electron chi connectivity index (χ0n) is 8.46. The number of halogens is 3. The summed E-state index contributed by atoms with van der Waals surface area (Å²) in [5, 5.41) is 8.34. The maximum absolute atomic E-state index is 12.3. The lowest BCUT2D eigenvalue weighted by Crippen LogP contribution is -2.32. The molecule has 1 heterocycles. The Labute approximate surface area is 90.0 Å². The fourth-order valence-corrected chi connectivity index (χ4v) is 1.63. The number of amides is 1. The number of carbonyl (C=O) groups excluding carboxylic acids is 1. The van der Waals surface area contributed by atoms with E-state index in [-0.39, 0.29) is 32.4 Å². The molecule has 0 aliphatic carbocycles. The van der Waals surface area contributed by atoms with E-state index in [1.807, 2.05) is 0 Å². The van der Waals surface area contributed by atoms with Crippen molar-refractivity contribution in [2.45, 2.75) is 25.4 Å². The summed E-state index contributed by atoms with van der Waals surface area (Å²) >= 11 is 0. The number of carbonyl (C=O) groups is 2. The standard InChI is InChI=1S/C9H12F3NO3/c10-9(11,12)6-3-4-13(5-6)7(14)1-2-8(15)16/h6H,1-5H2,(H,15,16)/t6-/m0/s1. The Morgan fingerprint density at radius 2 is 1.94 bits per heavy atom. The quantitative estimate of drug-likeness (QED) is 0.806. The van der Waals surface area contributed by atoms with Gasteiger partial charge in [0.05, 0.1) is 12.3 Å². The first-order chi connectivity index (χ1) is 7.30. The van der Waals surface area contributed by atoms with Gasteiger partial charge in [-0.2, -0.15) is 13.2 Å². The van der Waals surface area contributed by atoms with E-state index in [2.05, 4.69) is 0 Å². The molecular weight excluding hydrogens is 227 g/mol. The van der Waals surface area contributed by atoms with Crippen molar-refractivity contribution in [1.29, 1.82) is 0 Å². The summed E-state index contributed by atoms with van der Waals surface area (Å²) in [6, 6.07) is 0. The highest BCUT2D eigenvalue weighted by Gasteiger charge is 2.44. The predicted molar refractivity (Wildman–Crippen MR) is 47.6 cm³/mol. The molecule has 0 unspecified atom stereocenters. The molecule has 0 radical (unpaired) electrons. The molecule has 1 aliphatic heterocycles. The molecule has 0 spiro atoms. The highest BCUT2D eigenvalue weighted by molar-refractivity contribution is 5.80. The summed E-state index contributed by atoms with van der Waals surface area (Å²) in [5.41, 5.74) is 0. The molecule has 7 heteroatoms. The maximum atomic E-state index is 12.3. The van der Waals surface area contributed by atoms with Gasteiger partial charge in [0, 0.05) is 19.5 Å². The molecule has 1 aliphatic rings. The zero-order chi connectivity index (χ0) is 12.3. The van der Waals surface area contributed by atoms with Crippen molar-refractivity contribution in [2.24, 2.45) is 5.92 Å². The van der Waals surface area contributed by atoms with Gasteiger partial charge in [-0.05, 0) is 6.42 Å². The van der Waals surface area contributed by atoms with E-state index < -0.39 is 24.0 Å². The van der Waals surface area contributed by atoms with Crippen molar-refractivity contribution in [3.05, 3.63) is 0 Å². The van der Waals surface area contributed by atoms with Crippen LogP contribution in [0.1, 0.15) is 19.3 Å². The number of alkyl halides is 3. The van der Waals surface area contributed by atoms with Crippen LogP contribution >= 0.6 is 0 Å². The molecule has 4 nitrogen and oxygen atoms in total. The summed E-state index contributed by atoms with van der Waals surface area (Å²) in [4.78, 5) is 22.6. The molecule has 0 aromatic carbocycles. The van der Waals surface area contributed by atoms with Crippen LogP contribution in [-0.4, -0.2) is 41.1 Å². The van der Waals surface area contributed by atoms with E-state index in [1.165, 1.54) is 0 Å². The van der Waals surface area contributed by atoms with Crippen LogP contribution in [0.15, 0.2) is 0 Å². The average molecular weight is 239 g/mol. The second kappa shape index (κ2) is 4.71. The fraction of sp³-hybridized carbons (Fsp3) is 0.778. The SMILES string of the molecule is O=C(O)CCC(=O)N1CC[C@H](C(F)(F)F)C1. The predicted octanol–water partition coefficient (Wildman–Crippen LogP) is 1.26. The Morgan fingerprint density at radius 3 is 2.38 bits per heavy atom. The van der Waals surface area contributed by atoms with E-state index in [4.69, 9.17) is 5.11 Å². The van der Waals surface area contributed by atoms with E-state index >= 15 is 0 Å². The molecule has 0 bridgehead atoms. The van der Waals surface area contributed by atoms with Crippen molar-refractivity contribution < 1.29 is 27.9 Å². The molecule has 1 atom stereocenters. The minimum atomic E-state index is -4.28. The number of aliphatic carboxylic acids is 1. The molecule has 16 heavy (non-hydrogen) atoms. The first kappa shape index (κ1) is 12.8. The van der Waals surface area contributed by atoms with Crippen LogP contribution in [0, 0.1) is 5.92 Å². The first-order valence-corrected chi connectivity index (χ1v) is 4.87. The first-order valence-electron chi connectivity index (χ1n) is 4.87. The Morgan fingerprint density at radius 1 is 1.31 bits per heavy atom. The van der Waals surface area contributed by atoms with Gasteiger partial charge in [0.25, 0.3) is 0 Å². The van der Waals surface area contributed by atoms with Crippen molar-refractivity contribution in [1.82, 2.24) is 4.90 Å². The van der Waals surface area contributed by atoms with Crippen LogP contribution in [0.2, 0.25) is 0 Å². The molecule has 0 aromatic heterocycles. The number of hydrogen-bond acceptors (Lipinski definition) is 2. The van der Waals surface area contributed by atoms with Gasteiger partial charge in [0.15, 0.2) is 0 Å². The molecule has 1 saturated heterocycles. The summed E-state index contributed by atoms with van der Waals surface area (Å²) < 4.78 is 36.8. The van der Waals surface area contributed by atoms with Crippen LogP contribution < -0.4 is 0 Å². The van der Waals surface area contributed by atoms with Crippen molar-refractivity contribution >= 4 is 11.9 Å². The Kier molecular flexibility index (Phi) is 3.77. The smallest absolute Gasteiger partial charge is 0.393 e. The van der Waals surface area contributed by atoms with Crippen LogP contribution in [0.25, 0.3) is 0 Å². The number of nitrogens with zero attached hydrogens (tertiary/aromatic N) is 1. The van der Waals surface area contributed by atoms with E-state index in [9.17, 15) is 22.8 Å². The summed E-state index contributed by atoms with van der Waals surface area (Å²) in [5.74, 6) is -3.12. The third-order valence-corrected chi connectivity index (χ3v) is 2.56. The molecular formula is C9H12F3NO3. The van der Waals surface area contributed by atoms with Gasteiger partial charge in [-0.1, -0.05) is 0 Å². The van der Waals surface area contributed by atoms with Crippen LogP contribution in [0.5, 0.6) is 0 Å². The van der Waals surface area contributed by atoms with Crippen molar-refractivity contribution in [3.8, 4) is 0 Å². The lowest BCUT2D eigenvalue weighted by molar-refractivity contribution is -0.171. The monoisotopic (exact) mass is 239 g/mol. The van der Waals surface area contributed by atoms with E-state index in [0.717, 1.165) is 4.90 Å².